The van der Waals surface area contributed by atoms with Gasteiger partial charge in [0, 0.05) is 25.2 Å². The minimum atomic E-state index is 0.248. The van der Waals surface area contributed by atoms with Crippen LogP contribution in [0.15, 0.2) is 52.9 Å². The fourth-order valence-corrected chi connectivity index (χ4v) is 2.20. The molecule has 0 radical (unpaired) electrons. The Bertz CT molecular complexity index is 783. The maximum Gasteiger partial charge on any atom is 0.135 e. The summed E-state index contributed by atoms with van der Waals surface area (Å²) in [6.45, 7) is 0. The molecule has 3 heteroatoms. The molecular formula is C18H17NO2. The molecule has 106 valence electrons. The Morgan fingerprint density at radius 2 is 1.71 bits per heavy atom. The lowest BCUT2D eigenvalue weighted by Gasteiger charge is -2.11. The fourth-order valence-electron chi connectivity index (χ4n) is 2.20. The standard InChI is InChI=1S/C18H17NO2/c1-19(2)15-6-3-13(4-7-15)5-9-17-12-14-11-16(20)8-10-18(14)21-17/h3-12,20H,1-2H3/b9-5+. The Hall–Kier alpha value is -2.68. The largest absolute Gasteiger partial charge is 0.508 e. The molecule has 1 N–H and O–H groups in total. The lowest BCUT2D eigenvalue weighted by Crippen LogP contribution is -2.07. The number of benzene rings is 2. The van der Waals surface area contributed by atoms with Gasteiger partial charge in [-0.25, -0.2) is 0 Å². The molecule has 3 nitrogen and oxygen atoms in total. The summed E-state index contributed by atoms with van der Waals surface area (Å²) in [6.07, 6.45) is 3.94. The van der Waals surface area contributed by atoms with Crippen molar-refractivity contribution in [1.29, 1.82) is 0 Å². The molecule has 3 aromatic rings. The highest BCUT2D eigenvalue weighted by molar-refractivity contribution is 5.83. The number of phenolic OH excluding ortho intramolecular Hbond substituents is 1. The van der Waals surface area contributed by atoms with Crippen LogP contribution < -0.4 is 4.90 Å². The highest BCUT2D eigenvalue weighted by atomic mass is 16.3. The summed E-state index contributed by atoms with van der Waals surface area (Å²) in [5.74, 6) is 1.02. The van der Waals surface area contributed by atoms with Crippen LogP contribution in [0.5, 0.6) is 5.75 Å². The monoisotopic (exact) mass is 279 g/mol. The van der Waals surface area contributed by atoms with Gasteiger partial charge in [0.2, 0.25) is 0 Å². The first-order valence-electron chi connectivity index (χ1n) is 6.80. The van der Waals surface area contributed by atoms with E-state index < -0.39 is 0 Å². The maximum atomic E-state index is 9.45. The van der Waals surface area contributed by atoms with E-state index in [9.17, 15) is 5.11 Å². The lowest BCUT2D eigenvalue weighted by atomic mass is 10.1. The van der Waals surface area contributed by atoms with Crippen molar-refractivity contribution < 1.29 is 9.52 Å². The van der Waals surface area contributed by atoms with Crippen LogP contribution in [-0.2, 0) is 0 Å². The predicted octanol–water partition coefficient (Wildman–Crippen LogP) is 4.37. The molecule has 0 bridgehead atoms. The van der Waals surface area contributed by atoms with Crippen molar-refractivity contribution >= 4 is 28.8 Å². The first-order valence-corrected chi connectivity index (χ1v) is 6.80. The average molecular weight is 279 g/mol. The molecule has 0 aliphatic rings. The zero-order valence-corrected chi connectivity index (χ0v) is 12.1. The molecule has 0 aliphatic heterocycles. The predicted molar refractivity (Wildman–Crippen MR) is 87.6 cm³/mol. The van der Waals surface area contributed by atoms with Crippen LogP contribution >= 0.6 is 0 Å². The van der Waals surface area contributed by atoms with Gasteiger partial charge in [-0.15, -0.1) is 0 Å². The first-order chi connectivity index (χ1) is 10.1. The average Bonchev–Trinajstić information content (AvgIpc) is 2.87. The molecule has 0 amide bonds. The second kappa shape index (κ2) is 5.37. The van der Waals surface area contributed by atoms with Crippen molar-refractivity contribution in [2.24, 2.45) is 0 Å². The Morgan fingerprint density at radius 3 is 2.43 bits per heavy atom. The van der Waals surface area contributed by atoms with E-state index in [4.69, 9.17) is 4.42 Å². The third-order valence-corrected chi connectivity index (χ3v) is 3.37. The van der Waals surface area contributed by atoms with E-state index in [1.54, 1.807) is 18.2 Å². The van der Waals surface area contributed by atoms with Crippen molar-refractivity contribution in [3.63, 3.8) is 0 Å². The molecule has 0 atom stereocenters. The summed E-state index contributed by atoms with van der Waals surface area (Å²) in [5, 5.41) is 10.4. The minimum absolute atomic E-state index is 0.248. The Balaban J connectivity index is 1.83. The van der Waals surface area contributed by atoms with Crippen molar-refractivity contribution in [2.45, 2.75) is 0 Å². The third kappa shape index (κ3) is 2.92. The molecule has 0 spiro atoms. The summed E-state index contributed by atoms with van der Waals surface area (Å²) in [6, 6.07) is 15.3. The number of phenols is 1. The SMILES string of the molecule is CN(C)c1ccc(/C=C/c2cc3cc(O)ccc3o2)cc1. The summed E-state index contributed by atoms with van der Waals surface area (Å²) >= 11 is 0. The summed E-state index contributed by atoms with van der Waals surface area (Å²) in [4.78, 5) is 2.07. The van der Waals surface area contributed by atoms with Gasteiger partial charge in [-0.1, -0.05) is 18.2 Å². The van der Waals surface area contributed by atoms with E-state index in [1.807, 2.05) is 32.3 Å². The highest BCUT2D eigenvalue weighted by Crippen LogP contribution is 2.24. The van der Waals surface area contributed by atoms with Gasteiger partial charge in [0.25, 0.3) is 0 Å². The summed E-state index contributed by atoms with van der Waals surface area (Å²) in [5.41, 5.74) is 3.06. The van der Waals surface area contributed by atoms with Crippen LogP contribution in [0.25, 0.3) is 23.1 Å². The molecule has 0 unspecified atom stereocenters. The molecule has 2 aromatic carbocycles. The normalized spacial score (nSPS) is 11.3. The smallest absolute Gasteiger partial charge is 0.135 e. The second-order valence-corrected chi connectivity index (χ2v) is 5.19. The second-order valence-electron chi connectivity index (χ2n) is 5.19. The van der Waals surface area contributed by atoms with Gasteiger partial charge in [-0.2, -0.15) is 0 Å². The van der Waals surface area contributed by atoms with E-state index in [1.165, 1.54) is 5.69 Å². The number of nitrogens with zero attached hydrogens (tertiary/aromatic N) is 1. The topological polar surface area (TPSA) is 36.6 Å². The van der Waals surface area contributed by atoms with Crippen LogP contribution in [-0.4, -0.2) is 19.2 Å². The minimum Gasteiger partial charge on any atom is -0.508 e. The number of anilines is 1. The van der Waals surface area contributed by atoms with E-state index in [0.717, 1.165) is 22.3 Å². The zero-order chi connectivity index (χ0) is 14.8. The Labute approximate surface area is 123 Å². The first kappa shape index (κ1) is 13.3. The molecular weight excluding hydrogens is 262 g/mol. The molecule has 0 saturated carbocycles. The van der Waals surface area contributed by atoms with Gasteiger partial charge in [-0.05, 0) is 48.0 Å². The van der Waals surface area contributed by atoms with Crippen molar-refractivity contribution in [1.82, 2.24) is 0 Å². The molecule has 0 fully saturated rings. The number of hydrogen-bond donors (Lipinski definition) is 1. The number of fused-ring (bicyclic) bond motifs is 1. The van der Waals surface area contributed by atoms with E-state index >= 15 is 0 Å². The molecule has 0 aliphatic carbocycles. The van der Waals surface area contributed by atoms with Crippen molar-refractivity contribution in [3.8, 4) is 5.75 Å². The van der Waals surface area contributed by atoms with Crippen LogP contribution in [0.2, 0.25) is 0 Å². The molecule has 1 aromatic heterocycles. The van der Waals surface area contributed by atoms with Crippen molar-refractivity contribution in [3.05, 3.63) is 59.9 Å². The Morgan fingerprint density at radius 1 is 0.952 bits per heavy atom. The van der Waals surface area contributed by atoms with E-state index in [-0.39, 0.29) is 5.75 Å². The van der Waals surface area contributed by atoms with E-state index in [0.29, 0.717) is 0 Å². The fraction of sp³-hybridized carbons (Fsp3) is 0.111. The van der Waals surface area contributed by atoms with Gasteiger partial charge >= 0.3 is 0 Å². The zero-order valence-electron chi connectivity index (χ0n) is 12.1. The molecule has 3 rings (SSSR count). The summed E-state index contributed by atoms with van der Waals surface area (Å²) in [7, 11) is 4.04. The highest BCUT2D eigenvalue weighted by Gasteiger charge is 2.02. The number of hydrogen-bond acceptors (Lipinski definition) is 3. The quantitative estimate of drug-likeness (QED) is 0.773. The molecule has 21 heavy (non-hydrogen) atoms. The number of furan rings is 1. The van der Waals surface area contributed by atoms with Gasteiger partial charge in [0.1, 0.15) is 17.1 Å². The van der Waals surface area contributed by atoms with Crippen LogP contribution in [0, 0.1) is 0 Å². The molecule has 0 saturated heterocycles. The number of rotatable bonds is 3. The van der Waals surface area contributed by atoms with Gasteiger partial charge in [0.15, 0.2) is 0 Å². The van der Waals surface area contributed by atoms with Crippen LogP contribution in [0.1, 0.15) is 11.3 Å². The Kier molecular flexibility index (Phi) is 3.40. The lowest BCUT2D eigenvalue weighted by molar-refractivity contribution is 0.476. The maximum absolute atomic E-state index is 9.45. The van der Waals surface area contributed by atoms with Crippen LogP contribution in [0.4, 0.5) is 5.69 Å². The summed E-state index contributed by atoms with van der Waals surface area (Å²) < 4.78 is 5.70. The van der Waals surface area contributed by atoms with Crippen LogP contribution in [0.3, 0.4) is 0 Å². The number of aromatic hydroxyl groups is 1. The van der Waals surface area contributed by atoms with E-state index in [2.05, 4.69) is 29.2 Å². The van der Waals surface area contributed by atoms with Gasteiger partial charge < -0.3 is 14.4 Å². The molecule has 1 heterocycles. The third-order valence-electron chi connectivity index (χ3n) is 3.37. The van der Waals surface area contributed by atoms with Crippen molar-refractivity contribution in [2.75, 3.05) is 19.0 Å². The van der Waals surface area contributed by atoms with Gasteiger partial charge in [0.05, 0.1) is 0 Å². The van der Waals surface area contributed by atoms with Gasteiger partial charge in [-0.3, -0.25) is 0 Å².